The maximum atomic E-state index is 2.37. The lowest BCUT2D eigenvalue weighted by molar-refractivity contribution is 1.25. The quantitative estimate of drug-likeness (QED) is 0.407. The van der Waals surface area contributed by atoms with E-state index in [-0.39, 0.29) is 0 Å². The maximum Gasteiger partial charge on any atom is -0.00131 e. The van der Waals surface area contributed by atoms with E-state index in [4.69, 9.17) is 0 Å². The van der Waals surface area contributed by atoms with Crippen LogP contribution < -0.4 is 0 Å². The molecule has 19 heavy (non-hydrogen) atoms. The Morgan fingerprint density at radius 1 is 0.789 bits per heavy atom. The lowest BCUT2D eigenvalue weighted by Crippen LogP contribution is -1.86. The summed E-state index contributed by atoms with van der Waals surface area (Å²) in [6.07, 6.45) is 1.08. The molecule has 0 unspecified atom stereocenters. The molecule has 3 aromatic carbocycles. The third kappa shape index (κ3) is 1.46. The maximum absolute atomic E-state index is 2.37. The van der Waals surface area contributed by atoms with Gasteiger partial charge in [0.25, 0.3) is 0 Å². The molecular formula is C19H16. The van der Waals surface area contributed by atoms with Gasteiger partial charge < -0.3 is 0 Å². The van der Waals surface area contributed by atoms with Gasteiger partial charge in [0.05, 0.1) is 0 Å². The standard InChI is InChI=1S/C19H16/c1-12-7-8-14-11-15-10-13(2)16-5-3-4-6-17(16)19(15)18(14)9-12/h3-10H,11H2,1-2H3. The molecule has 0 nitrogen and oxygen atoms in total. The first-order valence-electron chi connectivity index (χ1n) is 6.85. The van der Waals surface area contributed by atoms with E-state index in [1.807, 2.05) is 0 Å². The van der Waals surface area contributed by atoms with E-state index in [9.17, 15) is 0 Å². The van der Waals surface area contributed by atoms with Crippen LogP contribution in [0.25, 0.3) is 21.9 Å². The zero-order valence-electron chi connectivity index (χ0n) is 11.3. The van der Waals surface area contributed by atoms with Gasteiger partial charge in [0.2, 0.25) is 0 Å². The number of hydrogen-bond acceptors (Lipinski definition) is 0. The zero-order chi connectivity index (χ0) is 13.0. The third-order valence-electron chi connectivity index (χ3n) is 4.25. The highest BCUT2D eigenvalue weighted by molar-refractivity contribution is 6.02. The van der Waals surface area contributed by atoms with Crippen LogP contribution in [0.3, 0.4) is 0 Å². The van der Waals surface area contributed by atoms with Gasteiger partial charge in [-0.15, -0.1) is 0 Å². The SMILES string of the molecule is Cc1ccc2c(c1)-c1c(cc(C)c3ccccc13)C2. The smallest absolute Gasteiger partial charge is 0.00131 e. The molecule has 0 bridgehead atoms. The summed E-state index contributed by atoms with van der Waals surface area (Å²) >= 11 is 0. The van der Waals surface area contributed by atoms with Crippen molar-refractivity contribution in [3.05, 3.63) is 70.8 Å². The minimum Gasteiger partial charge on any atom is -0.0616 e. The van der Waals surface area contributed by atoms with E-state index in [2.05, 4.69) is 62.4 Å². The van der Waals surface area contributed by atoms with E-state index in [0.717, 1.165) is 6.42 Å². The molecule has 3 aromatic rings. The number of aryl methyl sites for hydroxylation is 2. The molecule has 0 aliphatic heterocycles. The number of fused-ring (bicyclic) bond motifs is 5. The van der Waals surface area contributed by atoms with Gasteiger partial charge >= 0.3 is 0 Å². The van der Waals surface area contributed by atoms with Crippen LogP contribution >= 0.6 is 0 Å². The van der Waals surface area contributed by atoms with E-state index in [1.54, 1.807) is 0 Å². The third-order valence-corrected chi connectivity index (χ3v) is 4.25. The monoisotopic (exact) mass is 244 g/mol. The van der Waals surface area contributed by atoms with Gasteiger partial charge in [0.15, 0.2) is 0 Å². The Hall–Kier alpha value is -2.08. The summed E-state index contributed by atoms with van der Waals surface area (Å²) in [4.78, 5) is 0. The molecule has 0 saturated heterocycles. The molecule has 0 N–H and O–H groups in total. The van der Waals surface area contributed by atoms with E-state index >= 15 is 0 Å². The molecule has 0 amide bonds. The van der Waals surface area contributed by atoms with Gasteiger partial charge in [-0.1, -0.05) is 54.1 Å². The molecule has 0 heteroatoms. The van der Waals surface area contributed by atoms with Gasteiger partial charge in [-0.05, 0) is 58.9 Å². The highest BCUT2D eigenvalue weighted by atomic mass is 14.2. The van der Waals surface area contributed by atoms with Crippen LogP contribution in [-0.2, 0) is 6.42 Å². The van der Waals surface area contributed by atoms with Gasteiger partial charge in [-0.3, -0.25) is 0 Å². The van der Waals surface area contributed by atoms with Crippen LogP contribution in [0.15, 0.2) is 48.5 Å². The number of rotatable bonds is 0. The summed E-state index contributed by atoms with van der Waals surface area (Å²) in [7, 11) is 0. The summed E-state index contributed by atoms with van der Waals surface area (Å²) in [6.45, 7) is 4.39. The molecule has 0 fully saturated rings. The predicted molar refractivity (Wildman–Crippen MR) is 81.7 cm³/mol. The summed E-state index contributed by atoms with van der Waals surface area (Å²) in [6, 6.07) is 18.0. The summed E-state index contributed by atoms with van der Waals surface area (Å²) < 4.78 is 0. The Balaban J connectivity index is 2.16. The molecule has 0 heterocycles. The van der Waals surface area contributed by atoms with Crippen molar-refractivity contribution >= 4 is 10.8 Å². The van der Waals surface area contributed by atoms with Crippen molar-refractivity contribution < 1.29 is 0 Å². The highest BCUT2D eigenvalue weighted by Gasteiger charge is 2.21. The Morgan fingerprint density at radius 3 is 2.42 bits per heavy atom. The van der Waals surface area contributed by atoms with Crippen molar-refractivity contribution in [3.63, 3.8) is 0 Å². The van der Waals surface area contributed by atoms with Crippen molar-refractivity contribution in [3.8, 4) is 11.1 Å². The van der Waals surface area contributed by atoms with Crippen LogP contribution in [0.1, 0.15) is 22.3 Å². The fraction of sp³-hybridized carbons (Fsp3) is 0.158. The highest BCUT2D eigenvalue weighted by Crippen LogP contribution is 2.42. The van der Waals surface area contributed by atoms with Gasteiger partial charge in [-0.2, -0.15) is 0 Å². The van der Waals surface area contributed by atoms with Gasteiger partial charge in [-0.25, -0.2) is 0 Å². The summed E-state index contributed by atoms with van der Waals surface area (Å²) in [5.41, 5.74) is 8.58. The average molecular weight is 244 g/mol. The first-order valence-corrected chi connectivity index (χ1v) is 6.85. The molecule has 4 rings (SSSR count). The van der Waals surface area contributed by atoms with Crippen molar-refractivity contribution in [1.29, 1.82) is 0 Å². The fourth-order valence-electron chi connectivity index (χ4n) is 3.37. The van der Waals surface area contributed by atoms with Crippen molar-refractivity contribution in [2.75, 3.05) is 0 Å². The van der Waals surface area contributed by atoms with Gasteiger partial charge in [0.1, 0.15) is 0 Å². The van der Waals surface area contributed by atoms with Crippen molar-refractivity contribution in [1.82, 2.24) is 0 Å². The molecule has 0 radical (unpaired) electrons. The first-order chi connectivity index (χ1) is 9.24. The first kappa shape index (κ1) is 10.8. The van der Waals surface area contributed by atoms with E-state index in [1.165, 1.54) is 44.2 Å². The lowest BCUT2D eigenvalue weighted by Gasteiger charge is -2.10. The largest absolute Gasteiger partial charge is 0.0616 e. The topological polar surface area (TPSA) is 0 Å². The van der Waals surface area contributed by atoms with E-state index in [0.29, 0.717) is 0 Å². The molecule has 0 aromatic heterocycles. The van der Waals surface area contributed by atoms with Crippen LogP contribution in [0.2, 0.25) is 0 Å². The zero-order valence-corrected chi connectivity index (χ0v) is 11.3. The van der Waals surface area contributed by atoms with Crippen LogP contribution in [0.4, 0.5) is 0 Å². The number of hydrogen-bond donors (Lipinski definition) is 0. The normalized spacial score (nSPS) is 12.5. The Labute approximate surface area is 113 Å². The second-order valence-corrected chi connectivity index (χ2v) is 5.61. The molecular weight excluding hydrogens is 228 g/mol. The molecule has 1 aliphatic rings. The second kappa shape index (κ2) is 3.71. The summed E-state index contributed by atoms with van der Waals surface area (Å²) in [5.74, 6) is 0. The van der Waals surface area contributed by atoms with Crippen LogP contribution in [-0.4, -0.2) is 0 Å². The average Bonchev–Trinajstić information content (AvgIpc) is 2.76. The lowest BCUT2D eigenvalue weighted by atomic mass is 9.94. The Bertz CT molecular complexity index is 810. The van der Waals surface area contributed by atoms with E-state index < -0.39 is 0 Å². The molecule has 0 spiro atoms. The number of benzene rings is 3. The molecule has 92 valence electrons. The molecule has 1 aliphatic carbocycles. The Kier molecular flexibility index (Phi) is 2.11. The summed E-state index contributed by atoms with van der Waals surface area (Å²) in [5, 5.41) is 2.79. The van der Waals surface area contributed by atoms with Crippen LogP contribution in [0, 0.1) is 13.8 Å². The minimum atomic E-state index is 1.08. The van der Waals surface area contributed by atoms with Crippen molar-refractivity contribution in [2.24, 2.45) is 0 Å². The molecule has 0 atom stereocenters. The Morgan fingerprint density at radius 2 is 1.58 bits per heavy atom. The fourth-order valence-corrected chi connectivity index (χ4v) is 3.37. The minimum absolute atomic E-state index is 1.08. The molecule has 0 saturated carbocycles. The predicted octanol–water partition coefficient (Wildman–Crippen LogP) is 5.03. The second-order valence-electron chi connectivity index (χ2n) is 5.61. The van der Waals surface area contributed by atoms with Crippen LogP contribution in [0.5, 0.6) is 0 Å². The van der Waals surface area contributed by atoms with Crippen molar-refractivity contribution in [2.45, 2.75) is 20.3 Å². The van der Waals surface area contributed by atoms with Gasteiger partial charge in [0, 0.05) is 0 Å².